The Balaban J connectivity index is 1.54. The van der Waals surface area contributed by atoms with Gasteiger partial charge in [0.15, 0.2) is 5.75 Å². The summed E-state index contributed by atoms with van der Waals surface area (Å²) in [5.74, 6) is -1.64. The molecule has 6 heteroatoms. The minimum atomic E-state index is -0.980. The molecule has 0 spiro atoms. The second kappa shape index (κ2) is 6.80. The first kappa shape index (κ1) is 16.6. The number of hydrogen-bond acceptors (Lipinski definition) is 4. The third-order valence-corrected chi connectivity index (χ3v) is 4.98. The van der Waals surface area contributed by atoms with Crippen molar-refractivity contribution in [2.24, 2.45) is 11.8 Å². The Labute approximate surface area is 150 Å². The van der Waals surface area contributed by atoms with Crippen LogP contribution in [0.4, 0.5) is 5.69 Å². The van der Waals surface area contributed by atoms with Crippen LogP contribution < -0.4 is 10.1 Å². The number of fused-ring (bicyclic) bond motifs is 2. The van der Waals surface area contributed by atoms with Crippen LogP contribution in [0.1, 0.15) is 12.8 Å². The second-order valence-electron chi connectivity index (χ2n) is 6.58. The zero-order chi connectivity index (χ0) is 18.1. The Morgan fingerprint density at radius 1 is 0.962 bits per heavy atom. The highest BCUT2D eigenvalue weighted by molar-refractivity contribution is 5.97. The van der Waals surface area contributed by atoms with Crippen LogP contribution in [0.25, 0.3) is 0 Å². The summed E-state index contributed by atoms with van der Waals surface area (Å²) in [6, 6.07) is 16.4. The molecule has 2 N–H and O–H groups in total. The molecule has 2 heterocycles. The normalized spacial score (nSPS) is 26.5. The largest absolute Gasteiger partial charge is 0.481 e. The summed E-state index contributed by atoms with van der Waals surface area (Å²) in [6.45, 7) is 0. The van der Waals surface area contributed by atoms with E-state index in [-0.39, 0.29) is 18.1 Å². The van der Waals surface area contributed by atoms with Crippen LogP contribution in [-0.4, -0.2) is 29.2 Å². The number of aliphatic carboxylic acids is 1. The van der Waals surface area contributed by atoms with Crippen LogP contribution in [0.5, 0.6) is 11.5 Å². The van der Waals surface area contributed by atoms with Gasteiger partial charge in [0.25, 0.3) is 0 Å². The molecule has 0 aromatic heterocycles. The van der Waals surface area contributed by atoms with Crippen molar-refractivity contribution in [3.05, 3.63) is 54.6 Å². The average molecular weight is 353 g/mol. The van der Waals surface area contributed by atoms with E-state index in [0.29, 0.717) is 30.0 Å². The number of carboxylic acid groups (broad SMARTS) is 1. The predicted octanol–water partition coefficient (Wildman–Crippen LogP) is 3.30. The first-order valence-electron chi connectivity index (χ1n) is 8.64. The molecular weight excluding hydrogens is 334 g/mol. The van der Waals surface area contributed by atoms with Gasteiger partial charge in [0, 0.05) is 0 Å². The van der Waals surface area contributed by atoms with Crippen molar-refractivity contribution in [1.29, 1.82) is 0 Å². The Bertz CT molecular complexity index is 822. The summed E-state index contributed by atoms with van der Waals surface area (Å²) in [6.07, 6.45) is 0.709. The van der Waals surface area contributed by atoms with Gasteiger partial charge in [-0.15, -0.1) is 0 Å². The van der Waals surface area contributed by atoms with Gasteiger partial charge in [-0.25, -0.2) is 0 Å². The monoisotopic (exact) mass is 353 g/mol. The number of carbonyl (C=O) groups is 2. The molecular formula is C20H19NO5. The summed E-state index contributed by atoms with van der Waals surface area (Å²) < 4.78 is 11.5. The topological polar surface area (TPSA) is 84.9 Å². The maximum absolute atomic E-state index is 12.8. The molecule has 2 aromatic carbocycles. The van der Waals surface area contributed by atoms with Crippen LogP contribution >= 0.6 is 0 Å². The van der Waals surface area contributed by atoms with E-state index in [4.69, 9.17) is 9.47 Å². The first-order chi connectivity index (χ1) is 12.6. The van der Waals surface area contributed by atoms with Gasteiger partial charge in [-0.2, -0.15) is 0 Å². The highest BCUT2D eigenvalue weighted by Crippen LogP contribution is 2.44. The van der Waals surface area contributed by atoms with E-state index in [2.05, 4.69) is 5.32 Å². The van der Waals surface area contributed by atoms with E-state index < -0.39 is 17.8 Å². The number of rotatable bonds is 5. The summed E-state index contributed by atoms with van der Waals surface area (Å²) in [4.78, 5) is 24.4. The number of carbonyl (C=O) groups excluding carboxylic acids is 1. The molecule has 2 bridgehead atoms. The van der Waals surface area contributed by atoms with Crippen molar-refractivity contribution in [2.45, 2.75) is 25.0 Å². The number of anilines is 1. The average Bonchev–Trinajstić information content (AvgIpc) is 3.25. The molecule has 134 valence electrons. The van der Waals surface area contributed by atoms with Crippen molar-refractivity contribution < 1.29 is 24.2 Å². The van der Waals surface area contributed by atoms with Crippen molar-refractivity contribution in [3.8, 4) is 11.5 Å². The van der Waals surface area contributed by atoms with Crippen LogP contribution in [-0.2, 0) is 14.3 Å². The van der Waals surface area contributed by atoms with Gasteiger partial charge < -0.3 is 19.9 Å². The van der Waals surface area contributed by atoms with E-state index >= 15 is 0 Å². The highest BCUT2D eigenvalue weighted by atomic mass is 16.5. The molecule has 0 saturated carbocycles. The van der Waals surface area contributed by atoms with Gasteiger partial charge >= 0.3 is 5.97 Å². The first-order valence-corrected chi connectivity index (χ1v) is 8.64. The Morgan fingerprint density at radius 3 is 2.35 bits per heavy atom. The molecule has 26 heavy (non-hydrogen) atoms. The Hall–Kier alpha value is -2.86. The van der Waals surface area contributed by atoms with E-state index in [1.54, 1.807) is 18.2 Å². The lowest BCUT2D eigenvalue weighted by Crippen LogP contribution is -2.40. The van der Waals surface area contributed by atoms with Crippen molar-refractivity contribution in [2.75, 3.05) is 5.32 Å². The molecule has 0 unspecified atom stereocenters. The van der Waals surface area contributed by atoms with E-state index in [9.17, 15) is 14.7 Å². The van der Waals surface area contributed by atoms with E-state index in [1.165, 1.54) is 0 Å². The van der Waals surface area contributed by atoms with Crippen molar-refractivity contribution >= 4 is 17.6 Å². The molecule has 0 radical (unpaired) electrons. The van der Waals surface area contributed by atoms with Gasteiger partial charge in [-0.1, -0.05) is 30.3 Å². The maximum atomic E-state index is 12.8. The number of benzene rings is 2. The van der Waals surface area contributed by atoms with E-state index in [1.807, 2.05) is 36.4 Å². The number of para-hydroxylation sites is 3. The minimum absolute atomic E-state index is 0.330. The van der Waals surface area contributed by atoms with Gasteiger partial charge in [-0.3, -0.25) is 9.59 Å². The zero-order valence-electron chi connectivity index (χ0n) is 14.0. The summed E-state index contributed by atoms with van der Waals surface area (Å²) in [5.41, 5.74) is 0.508. The smallest absolute Gasteiger partial charge is 0.310 e. The minimum Gasteiger partial charge on any atom is -0.481 e. The number of ether oxygens (including phenoxy) is 2. The molecule has 4 rings (SSSR count). The molecule has 1 amide bonds. The molecule has 2 aromatic rings. The Morgan fingerprint density at radius 2 is 1.62 bits per heavy atom. The lowest BCUT2D eigenvalue weighted by atomic mass is 9.78. The number of nitrogens with one attached hydrogen (secondary N) is 1. The van der Waals surface area contributed by atoms with Crippen molar-refractivity contribution in [1.82, 2.24) is 0 Å². The lowest BCUT2D eigenvalue weighted by Gasteiger charge is -2.24. The highest BCUT2D eigenvalue weighted by Gasteiger charge is 2.55. The van der Waals surface area contributed by atoms with Gasteiger partial charge in [0.2, 0.25) is 5.91 Å². The third-order valence-electron chi connectivity index (χ3n) is 4.98. The summed E-state index contributed by atoms with van der Waals surface area (Å²) >= 11 is 0. The van der Waals surface area contributed by atoms with Crippen LogP contribution in [0.3, 0.4) is 0 Å². The fraction of sp³-hybridized carbons (Fsp3) is 0.300. The van der Waals surface area contributed by atoms with Crippen molar-refractivity contribution in [3.63, 3.8) is 0 Å². The summed E-state index contributed by atoms with van der Waals surface area (Å²) in [5, 5.41) is 12.3. The second-order valence-corrected chi connectivity index (χ2v) is 6.58. The summed E-state index contributed by atoms with van der Waals surface area (Å²) in [7, 11) is 0. The quantitative estimate of drug-likeness (QED) is 0.861. The maximum Gasteiger partial charge on any atom is 0.310 e. The molecule has 4 atom stereocenters. The van der Waals surface area contributed by atoms with Crippen LogP contribution in [0, 0.1) is 11.8 Å². The zero-order valence-corrected chi connectivity index (χ0v) is 14.0. The SMILES string of the molecule is O=C(Nc1ccccc1Oc1ccccc1)[C@@H]1[C@H](C(=O)O)[C@@H]2CC[C@H]1O2. The molecule has 2 aliphatic heterocycles. The molecule has 2 saturated heterocycles. The number of hydrogen-bond donors (Lipinski definition) is 2. The van der Waals surface area contributed by atoms with Gasteiger partial charge in [0.05, 0.1) is 29.7 Å². The standard InChI is InChI=1S/C20H19NO5/c22-19(17-15-10-11-16(26-15)18(17)20(23)24)21-13-8-4-5-9-14(13)25-12-6-2-1-3-7-12/h1-9,15-18H,10-11H2,(H,21,22)(H,23,24)/t15-,16+,17+,18-/m1/s1. The fourth-order valence-electron chi connectivity index (χ4n) is 3.82. The molecule has 6 nitrogen and oxygen atoms in total. The number of amides is 1. The van der Waals surface area contributed by atoms with E-state index in [0.717, 1.165) is 0 Å². The predicted molar refractivity (Wildman–Crippen MR) is 94.1 cm³/mol. The van der Waals surface area contributed by atoms with Gasteiger partial charge in [0.1, 0.15) is 5.75 Å². The third kappa shape index (κ3) is 3.04. The number of carboxylic acids is 1. The molecule has 2 fully saturated rings. The molecule has 0 aliphatic carbocycles. The lowest BCUT2D eigenvalue weighted by molar-refractivity contribution is -0.147. The Kier molecular flexibility index (Phi) is 4.34. The van der Waals surface area contributed by atoms with Crippen LogP contribution in [0.2, 0.25) is 0 Å². The van der Waals surface area contributed by atoms with Gasteiger partial charge in [-0.05, 0) is 37.1 Å². The van der Waals surface area contributed by atoms with Crippen LogP contribution in [0.15, 0.2) is 54.6 Å². The molecule has 2 aliphatic rings. The fourth-order valence-corrected chi connectivity index (χ4v) is 3.82.